The summed E-state index contributed by atoms with van der Waals surface area (Å²) in [7, 11) is 0. The lowest BCUT2D eigenvalue weighted by molar-refractivity contribution is -0.157. The highest BCUT2D eigenvalue weighted by Gasteiger charge is 2.16. The first-order chi connectivity index (χ1) is 13.9. The standard InChI is InChI=1S/C23H27N3O3/c1-23(2,3)29-22(27)17-28-21-11-7-10-20(14-21)16-26(25-13-12-24-18-25)15-19-8-5-4-6-9-19/h4-14,18H,15-17H2,1-3H3. The Morgan fingerprint density at radius 1 is 1.03 bits per heavy atom. The molecule has 0 aliphatic carbocycles. The molecule has 0 bridgehead atoms. The van der Waals surface area contributed by atoms with Crippen LogP contribution in [0.3, 0.4) is 0 Å². The third kappa shape index (κ3) is 6.68. The van der Waals surface area contributed by atoms with E-state index in [1.165, 1.54) is 5.56 Å². The van der Waals surface area contributed by atoms with E-state index in [2.05, 4.69) is 22.1 Å². The zero-order valence-electron chi connectivity index (χ0n) is 17.1. The van der Waals surface area contributed by atoms with Crippen LogP contribution in [-0.2, 0) is 22.6 Å². The molecule has 3 aromatic rings. The van der Waals surface area contributed by atoms with Crippen LogP contribution in [0.2, 0.25) is 0 Å². The van der Waals surface area contributed by atoms with Gasteiger partial charge < -0.3 is 14.5 Å². The average Bonchev–Trinajstić information content (AvgIpc) is 3.21. The van der Waals surface area contributed by atoms with Crippen LogP contribution in [0, 0.1) is 0 Å². The number of rotatable bonds is 8. The van der Waals surface area contributed by atoms with Crippen LogP contribution in [0.5, 0.6) is 5.75 Å². The van der Waals surface area contributed by atoms with Crippen molar-refractivity contribution in [2.45, 2.75) is 39.5 Å². The highest BCUT2D eigenvalue weighted by atomic mass is 16.6. The second-order valence-corrected chi connectivity index (χ2v) is 7.77. The van der Waals surface area contributed by atoms with Gasteiger partial charge in [-0.25, -0.2) is 9.78 Å². The molecule has 29 heavy (non-hydrogen) atoms. The Bertz CT molecular complexity index is 903. The minimum atomic E-state index is -0.523. The summed E-state index contributed by atoms with van der Waals surface area (Å²) in [5, 5.41) is 2.18. The Morgan fingerprint density at radius 2 is 1.76 bits per heavy atom. The van der Waals surface area contributed by atoms with Crippen LogP contribution in [0.1, 0.15) is 31.9 Å². The fourth-order valence-electron chi connectivity index (χ4n) is 2.89. The summed E-state index contributed by atoms with van der Waals surface area (Å²) in [6.45, 7) is 6.79. The SMILES string of the molecule is CC(C)(C)OC(=O)COc1cccc(CN(Cc2ccccc2)n2ccnc2)c1. The van der Waals surface area contributed by atoms with Crippen LogP contribution in [0.15, 0.2) is 73.3 Å². The molecule has 0 amide bonds. The average molecular weight is 393 g/mol. The molecule has 0 N–H and O–H groups in total. The molecular weight excluding hydrogens is 366 g/mol. The Labute approximate surface area is 171 Å². The molecule has 0 aliphatic rings. The first kappa shape index (κ1) is 20.5. The Morgan fingerprint density at radius 3 is 2.45 bits per heavy atom. The molecule has 0 unspecified atom stereocenters. The van der Waals surface area contributed by atoms with E-state index in [9.17, 15) is 4.79 Å². The highest BCUT2D eigenvalue weighted by Crippen LogP contribution is 2.17. The highest BCUT2D eigenvalue weighted by molar-refractivity contribution is 5.71. The molecule has 1 heterocycles. The van der Waals surface area contributed by atoms with Crippen LogP contribution >= 0.6 is 0 Å². The van der Waals surface area contributed by atoms with Crippen LogP contribution in [0.25, 0.3) is 0 Å². The van der Waals surface area contributed by atoms with Gasteiger partial charge in [-0.05, 0) is 44.0 Å². The fourth-order valence-corrected chi connectivity index (χ4v) is 2.89. The first-order valence-corrected chi connectivity index (χ1v) is 9.60. The summed E-state index contributed by atoms with van der Waals surface area (Å²) in [4.78, 5) is 16.1. The number of carbonyl (C=O) groups excluding carboxylic acids is 1. The van der Waals surface area contributed by atoms with Crippen molar-refractivity contribution in [2.75, 3.05) is 11.6 Å². The predicted molar refractivity (Wildman–Crippen MR) is 112 cm³/mol. The molecule has 0 fully saturated rings. The zero-order valence-corrected chi connectivity index (χ0v) is 17.1. The summed E-state index contributed by atoms with van der Waals surface area (Å²) in [5.41, 5.74) is 1.75. The molecular formula is C23H27N3O3. The van der Waals surface area contributed by atoms with Gasteiger partial charge in [0.05, 0.1) is 13.1 Å². The van der Waals surface area contributed by atoms with Crippen molar-refractivity contribution < 1.29 is 14.3 Å². The van der Waals surface area contributed by atoms with E-state index < -0.39 is 5.60 Å². The number of hydrogen-bond acceptors (Lipinski definition) is 5. The number of carbonyl (C=O) groups is 1. The van der Waals surface area contributed by atoms with E-state index in [1.807, 2.05) is 74.1 Å². The molecule has 6 heteroatoms. The number of imidazole rings is 1. The van der Waals surface area contributed by atoms with E-state index in [0.29, 0.717) is 12.3 Å². The smallest absolute Gasteiger partial charge is 0.344 e. The number of nitrogens with zero attached hydrogens (tertiary/aromatic N) is 3. The fraction of sp³-hybridized carbons (Fsp3) is 0.304. The molecule has 3 rings (SSSR count). The van der Waals surface area contributed by atoms with Gasteiger partial charge in [-0.1, -0.05) is 42.5 Å². The quantitative estimate of drug-likeness (QED) is 0.543. The topological polar surface area (TPSA) is 56.6 Å². The lowest BCUT2D eigenvalue weighted by Crippen LogP contribution is -2.32. The second kappa shape index (κ2) is 9.28. The van der Waals surface area contributed by atoms with Crippen LogP contribution in [-0.4, -0.2) is 27.8 Å². The van der Waals surface area contributed by atoms with Gasteiger partial charge in [0.25, 0.3) is 0 Å². The molecule has 0 saturated carbocycles. The maximum Gasteiger partial charge on any atom is 0.344 e. The molecule has 0 spiro atoms. The molecule has 0 saturated heterocycles. The lowest BCUT2D eigenvalue weighted by Gasteiger charge is -2.26. The Hall–Kier alpha value is -3.28. The molecule has 1 aromatic heterocycles. The molecule has 2 aromatic carbocycles. The van der Waals surface area contributed by atoms with Crippen LogP contribution < -0.4 is 9.75 Å². The van der Waals surface area contributed by atoms with Crippen molar-refractivity contribution in [2.24, 2.45) is 0 Å². The lowest BCUT2D eigenvalue weighted by atomic mass is 10.2. The largest absolute Gasteiger partial charge is 0.482 e. The van der Waals surface area contributed by atoms with Gasteiger partial charge in [0, 0.05) is 12.4 Å². The molecule has 0 aliphatic heterocycles. The van der Waals surface area contributed by atoms with Crippen molar-refractivity contribution in [1.82, 2.24) is 9.66 Å². The number of hydrogen-bond donors (Lipinski definition) is 0. The van der Waals surface area contributed by atoms with Gasteiger partial charge in [0.15, 0.2) is 6.61 Å². The maximum atomic E-state index is 11.9. The normalized spacial score (nSPS) is 11.1. The van der Waals surface area contributed by atoms with Gasteiger partial charge in [-0.2, -0.15) is 0 Å². The Balaban J connectivity index is 1.67. The van der Waals surface area contributed by atoms with E-state index in [0.717, 1.165) is 12.1 Å². The summed E-state index contributed by atoms with van der Waals surface area (Å²) < 4.78 is 12.9. The van der Waals surface area contributed by atoms with E-state index in [-0.39, 0.29) is 12.6 Å². The minimum absolute atomic E-state index is 0.115. The van der Waals surface area contributed by atoms with Gasteiger partial charge >= 0.3 is 5.97 Å². The first-order valence-electron chi connectivity index (χ1n) is 9.60. The van der Waals surface area contributed by atoms with E-state index in [4.69, 9.17) is 9.47 Å². The third-order valence-electron chi connectivity index (χ3n) is 4.07. The summed E-state index contributed by atoms with van der Waals surface area (Å²) in [6.07, 6.45) is 5.47. The minimum Gasteiger partial charge on any atom is -0.482 e. The molecule has 0 atom stereocenters. The zero-order chi connectivity index (χ0) is 20.7. The van der Waals surface area contributed by atoms with Crippen molar-refractivity contribution in [3.63, 3.8) is 0 Å². The Kier molecular flexibility index (Phi) is 6.54. The maximum absolute atomic E-state index is 11.9. The second-order valence-electron chi connectivity index (χ2n) is 7.77. The molecule has 6 nitrogen and oxygen atoms in total. The van der Waals surface area contributed by atoms with E-state index in [1.54, 1.807) is 12.5 Å². The number of aromatic nitrogens is 2. The third-order valence-corrected chi connectivity index (χ3v) is 4.07. The van der Waals surface area contributed by atoms with Crippen LogP contribution in [0.4, 0.5) is 0 Å². The number of benzene rings is 2. The van der Waals surface area contributed by atoms with Crippen molar-refractivity contribution in [1.29, 1.82) is 0 Å². The summed E-state index contributed by atoms with van der Waals surface area (Å²) in [5.74, 6) is 0.255. The molecule has 0 radical (unpaired) electrons. The predicted octanol–water partition coefficient (Wildman–Crippen LogP) is 3.94. The monoisotopic (exact) mass is 393 g/mol. The number of esters is 1. The van der Waals surface area contributed by atoms with Crippen molar-refractivity contribution >= 4 is 5.97 Å². The molecule has 152 valence electrons. The van der Waals surface area contributed by atoms with Gasteiger partial charge in [-0.3, -0.25) is 4.68 Å². The van der Waals surface area contributed by atoms with Gasteiger partial charge in [-0.15, -0.1) is 0 Å². The van der Waals surface area contributed by atoms with Crippen molar-refractivity contribution in [3.8, 4) is 5.75 Å². The summed E-state index contributed by atoms with van der Waals surface area (Å²) in [6, 6.07) is 18.0. The van der Waals surface area contributed by atoms with E-state index >= 15 is 0 Å². The summed E-state index contributed by atoms with van der Waals surface area (Å²) >= 11 is 0. The number of ether oxygens (including phenoxy) is 2. The van der Waals surface area contributed by atoms with Gasteiger partial charge in [0.2, 0.25) is 0 Å². The van der Waals surface area contributed by atoms with Crippen molar-refractivity contribution in [3.05, 3.63) is 84.4 Å². The van der Waals surface area contributed by atoms with Gasteiger partial charge in [0.1, 0.15) is 17.7 Å².